The summed E-state index contributed by atoms with van der Waals surface area (Å²) in [5.41, 5.74) is 0. The van der Waals surface area contributed by atoms with Gasteiger partial charge in [0.1, 0.15) is 0 Å². The third kappa shape index (κ3) is 8.57. The maximum atomic E-state index is 11.7. The first-order valence-electron chi connectivity index (χ1n) is 7.37. The molecule has 0 saturated heterocycles. The van der Waals surface area contributed by atoms with Gasteiger partial charge in [-0.2, -0.15) is 0 Å². The van der Waals surface area contributed by atoms with Crippen LogP contribution in [0.5, 0.6) is 0 Å². The van der Waals surface area contributed by atoms with Crippen LogP contribution in [0.15, 0.2) is 0 Å². The van der Waals surface area contributed by atoms with Gasteiger partial charge in [-0.3, -0.25) is 0 Å². The van der Waals surface area contributed by atoms with Crippen molar-refractivity contribution >= 4 is 10.0 Å². The SMILES string of the molecule is CNCCCCS(=O)(=O)NCCOC1CCCCC1. The predicted octanol–water partition coefficient (Wildman–Crippen LogP) is 1.25. The zero-order valence-electron chi connectivity index (χ0n) is 12.0. The minimum atomic E-state index is -3.12. The molecular weight excluding hydrogens is 264 g/mol. The lowest BCUT2D eigenvalue weighted by Gasteiger charge is -2.21. The fourth-order valence-corrected chi connectivity index (χ4v) is 3.44. The van der Waals surface area contributed by atoms with E-state index in [0.717, 1.165) is 25.8 Å². The summed E-state index contributed by atoms with van der Waals surface area (Å²) < 4.78 is 31.6. The molecule has 0 amide bonds. The molecule has 2 N–H and O–H groups in total. The van der Waals surface area contributed by atoms with E-state index in [1.165, 1.54) is 19.3 Å². The van der Waals surface area contributed by atoms with Gasteiger partial charge in [0.25, 0.3) is 0 Å². The summed E-state index contributed by atoms with van der Waals surface area (Å²) in [5, 5.41) is 3.01. The van der Waals surface area contributed by atoms with Gasteiger partial charge in [0.05, 0.1) is 18.5 Å². The molecule has 0 radical (unpaired) electrons. The fraction of sp³-hybridized carbons (Fsp3) is 1.00. The quantitative estimate of drug-likeness (QED) is 0.595. The van der Waals surface area contributed by atoms with Crippen molar-refractivity contribution in [2.75, 3.05) is 32.5 Å². The molecule has 0 aromatic rings. The lowest BCUT2D eigenvalue weighted by atomic mass is 9.98. The normalized spacial score (nSPS) is 17.7. The monoisotopic (exact) mass is 292 g/mol. The van der Waals surface area contributed by atoms with Gasteiger partial charge >= 0.3 is 0 Å². The number of hydrogen-bond acceptors (Lipinski definition) is 4. The highest BCUT2D eigenvalue weighted by molar-refractivity contribution is 7.89. The van der Waals surface area contributed by atoms with Crippen molar-refractivity contribution < 1.29 is 13.2 Å². The third-order valence-corrected chi connectivity index (χ3v) is 4.89. The van der Waals surface area contributed by atoms with Crippen molar-refractivity contribution in [2.24, 2.45) is 0 Å². The molecule has 0 spiro atoms. The zero-order chi connectivity index (χ0) is 14.0. The Balaban J connectivity index is 2.03. The molecule has 0 unspecified atom stereocenters. The minimum absolute atomic E-state index is 0.206. The van der Waals surface area contributed by atoms with Crippen LogP contribution in [-0.2, 0) is 14.8 Å². The lowest BCUT2D eigenvalue weighted by molar-refractivity contribution is 0.0321. The van der Waals surface area contributed by atoms with Gasteiger partial charge in [-0.05, 0) is 39.3 Å². The average molecular weight is 292 g/mol. The molecule has 1 aliphatic rings. The van der Waals surface area contributed by atoms with E-state index in [-0.39, 0.29) is 5.75 Å². The fourth-order valence-electron chi connectivity index (χ4n) is 2.32. The Bertz CT molecular complexity index is 314. The Morgan fingerprint density at radius 1 is 1.11 bits per heavy atom. The van der Waals surface area contributed by atoms with Crippen molar-refractivity contribution in [3.63, 3.8) is 0 Å². The molecular formula is C13H28N2O3S. The van der Waals surface area contributed by atoms with Gasteiger partial charge in [0.2, 0.25) is 10.0 Å². The van der Waals surface area contributed by atoms with Crippen LogP contribution in [0.4, 0.5) is 0 Å². The van der Waals surface area contributed by atoms with Crippen LogP contribution in [0.1, 0.15) is 44.9 Å². The lowest BCUT2D eigenvalue weighted by Crippen LogP contribution is -2.31. The molecule has 0 bridgehead atoms. The average Bonchev–Trinajstić information content (AvgIpc) is 2.41. The van der Waals surface area contributed by atoms with E-state index >= 15 is 0 Å². The van der Waals surface area contributed by atoms with Crippen LogP contribution in [0.3, 0.4) is 0 Å². The van der Waals surface area contributed by atoms with Crippen molar-refractivity contribution in [1.29, 1.82) is 0 Å². The van der Waals surface area contributed by atoms with E-state index in [9.17, 15) is 8.42 Å². The molecule has 0 atom stereocenters. The number of hydrogen-bond donors (Lipinski definition) is 2. The van der Waals surface area contributed by atoms with E-state index < -0.39 is 10.0 Å². The molecule has 0 aromatic heterocycles. The van der Waals surface area contributed by atoms with E-state index in [1.807, 2.05) is 7.05 Å². The Morgan fingerprint density at radius 3 is 2.53 bits per heavy atom. The highest BCUT2D eigenvalue weighted by atomic mass is 32.2. The molecule has 1 aliphatic carbocycles. The van der Waals surface area contributed by atoms with Crippen molar-refractivity contribution in [3.8, 4) is 0 Å². The summed E-state index contributed by atoms with van der Waals surface area (Å²) in [5.74, 6) is 0.206. The third-order valence-electron chi connectivity index (χ3n) is 3.42. The van der Waals surface area contributed by atoms with Crippen LogP contribution in [-0.4, -0.2) is 47.0 Å². The molecule has 0 aliphatic heterocycles. The molecule has 1 fully saturated rings. The van der Waals surface area contributed by atoms with Crippen LogP contribution < -0.4 is 10.0 Å². The number of ether oxygens (including phenoxy) is 1. The second-order valence-electron chi connectivity index (χ2n) is 5.15. The van der Waals surface area contributed by atoms with Gasteiger partial charge < -0.3 is 10.1 Å². The second kappa shape index (κ2) is 9.69. The maximum Gasteiger partial charge on any atom is 0.211 e. The highest BCUT2D eigenvalue weighted by Gasteiger charge is 2.14. The van der Waals surface area contributed by atoms with Crippen molar-refractivity contribution in [2.45, 2.75) is 51.0 Å². The Kier molecular flexibility index (Phi) is 8.61. The van der Waals surface area contributed by atoms with Gasteiger partial charge in [-0.1, -0.05) is 19.3 Å². The number of nitrogens with one attached hydrogen (secondary N) is 2. The summed E-state index contributed by atoms with van der Waals surface area (Å²) in [6, 6.07) is 0. The molecule has 0 heterocycles. The summed E-state index contributed by atoms with van der Waals surface area (Å²) in [4.78, 5) is 0. The molecule has 114 valence electrons. The van der Waals surface area contributed by atoms with Gasteiger partial charge in [0.15, 0.2) is 0 Å². The molecule has 6 heteroatoms. The van der Waals surface area contributed by atoms with Crippen LogP contribution in [0.25, 0.3) is 0 Å². The van der Waals surface area contributed by atoms with Crippen molar-refractivity contribution in [3.05, 3.63) is 0 Å². The van der Waals surface area contributed by atoms with E-state index in [2.05, 4.69) is 10.0 Å². The van der Waals surface area contributed by atoms with E-state index in [4.69, 9.17) is 4.74 Å². The highest BCUT2D eigenvalue weighted by Crippen LogP contribution is 2.19. The van der Waals surface area contributed by atoms with Gasteiger partial charge in [-0.15, -0.1) is 0 Å². The second-order valence-corrected chi connectivity index (χ2v) is 7.08. The standard InChI is InChI=1S/C13H28N2O3S/c1-14-9-5-6-12-19(16,17)15-10-11-18-13-7-3-2-4-8-13/h13-15H,2-12H2,1H3. The van der Waals surface area contributed by atoms with Gasteiger partial charge in [-0.25, -0.2) is 13.1 Å². The molecule has 0 aromatic carbocycles. The molecule has 1 saturated carbocycles. The van der Waals surface area contributed by atoms with Gasteiger partial charge in [0, 0.05) is 6.54 Å². The summed E-state index contributed by atoms with van der Waals surface area (Å²) in [6.45, 7) is 1.74. The predicted molar refractivity (Wildman–Crippen MR) is 77.8 cm³/mol. The summed E-state index contributed by atoms with van der Waals surface area (Å²) >= 11 is 0. The number of rotatable bonds is 10. The van der Waals surface area contributed by atoms with Crippen LogP contribution >= 0.6 is 0 Å². The van der Waals surface area contributed by atoms with Crippen LogP contribution in [0, 0.1) is 0 Å². The Hall–Kier alpha value is -0.170. The van der Waals surface area contributed by atoms with E-state index in [0.29, 0.717) is 25.7 Å². The number of unbranched alkanes of at least 4 members (excludes halogenated alkanes) is 1. The van der Waals surface area contributed by atoms with Crippen molar-refractivity contribution in [1.82, 2.24) is 10.0 Å². The maximum absolute atomic E-state index is 11.7. The topological polar surface area (TPSA) is 67.4 Å². The van der Waals surface area contributed by atoms with E-state index in [1.54, 1.807) is 0 Å². The smallest absolute Gasteiger partial charge is 0.211 e. The first-order chi connectivity index (χ1) is 9.14. The molecule has 5 nitrogen and oxygen atoms in total. The first-order valence-corrected chi connectivity index (χ1v) is 9.03. The largest absolute Gasteiger partial charge is 0.377 e. The van der Waals surface area contributed by atoms with Crippen LogP contribution in [0.2, 0.25) is 0 Å². The molecule has 19 heavy (non-hydrogen) atoms. The zero-order valence-corrected chi connectivity index (χ0v) is 12.8. The Labute approximate surface area is 117 Å². The molecule has 1 rings (SSSR count). The Morgan fingerprint density at radius 2 is 1.84 bits per heavy atom. The number of sulfonamides is 1. The summed E-state index contributed by atoms with van der Waals surface area (Å²) in [6.07, 6.45) is 7.94. The summed E-state index contributed by atoms with van der Waals surface area (Å²) in [7, 11) is -1.25. The first kappa shape index (κ1) is 16.9. The minimum Gasteiger partial charge on any atom is -0.377 e.